The molecule has 2 saturated heterocycles. The molecule has 0 radical (unpaired) electrons. The maximum atomic E-state index is 12.2. The number of carbonyl (C=O) groups is 1. The van der Waals surface area contributed by atoms with E-state index >= 15 is 0 Å². The SMILES string of the molecule is CCNC(=NCC(=O)N1CCCC1)N1CCC2(CCCC2)C1. The summed E-state index contributed by atoms with van der Waals surface area (Å²) in [6.07, 6.45) is 9.08. The second kappa shape index (κ2) is 6.88. The third-order valence-corrected chi connectivity index (χ3v) is 5.56. The Morgan fingerprint density at radius 3 is 2.45 bits per heavy atom. The molecule has 0 aromatic carbocycles. The van der Waals surface area contributed by atoms with Gasteiger partial charge in [0, 0.05) is 32.7 Å². The zero-order chi connectivity index (χ0) is 15.4. The molecule has 1 saturated carbocycles. The Kier molecular flexibility index (Phi) is 4.89. The predicted molar refractivity (Wildman–Crippen MR) is 88.9 cm³/mol. The molecule has 1 aliphatic carbocycles. The molecule has 2 heterocycles. The highest BCUT2D eigenvalue weighted by Crippen LogP contribution is 2.45. The van der Waals surface area contributed by atoms with Crippen molar-refractivity contribution in [3.63, 3.8) is 0 Å². The van der Waals surface area contributed by atoms with Gasteiger partial charge in [-0.25, -0.2) is 4.99 Å². The molecule has 5 heteroatoms. The number of carbonyl (C=O) groups excluding carboxylic acids is 1. The monoisotopic (exact) mass is 306 g/mol. The molecule has 0 aromatic rings. The third-order valence-electron chi connectivity index (χ3n) is 5.56. The molecule has 5 nitrogen and oxygen atoms in total. The van der Waals surface area contributed by atoms with Crippen molar-refractivity contribution in [2.45, 2.75) is 51.9 Å². The van der Waals surface area contributed by atoms with Gasteiger partial charge >= 0.3 is 0 Å². The van der Waals surface area contributed by atoms with Gasteiger partial charge in [-0.1, -0.05) is 12.8 Å². The van der Waals surface area contributed by atoms with Crippen molar-refractivity contribution >= 4 is 11.9 Å². The van der Waals surface area contributed by atoms with Crippen LogP contribution in [0.25, 0.3) is 0 Å². The standard InChI is InChI=1S/C17H30N4O/c1-2-18-16(19-13-15(22)20-10-5-6-11-20)21-12-9-17(14-21)7-3-4-8-17/h2-14H2,1H3,(H,18,19). The fourth-order valence-electron chi connectivity index (χ4n) is 4.28. The molecule has 1 N–H and O–H groups in total. The highest BCUT2D eigenvalue weighted by Gasteiger charge is 2.41. The number of aliphatic imine (C=N–C) groups is 1. The minimum Gasteiger partial charge on any atom is -0.357 e. The first-order valence-electron chi connectivity index (χ1n) is 9.03. The lowest BCUT2D eigenvalue weighted by Crippen LogP contribution is -2.42. The largest absolute Gasteiger partial charge is 0.357 e. The summed E-state index contributed by atoms with van der Waals surface area (Å²) in [5.41, 5.74) is 0.537. The number of nitrogens with one attached hydrogen (secondary N) is 1. The van der Waals surface area contributed by atoms with Crippen molar-refractivity contribution in [3.05, 3.63) is 0 Å². The number of guanidine groups is 1. The van der Waals surface area contributed by atoms with Crippen LogP contribution in [0.2, 0.25) is 0 Å². The van der Waals surface area contributed by atoms with Crippen molar-refractivity contribution < 1.29 is 4.79 Å². The van der Waals surface area contributed by atoms with Gasteiger partial charge < -0.3 is 15.1 Å². The van der Waals surface area contributed by atoms with Crippen LogP contribution < -0.4 is 5.32 Å². The van der Waals surface area contributed by atoms with Gasteiger partial charge in [-0.05, 0) is 44.4 Å². The molecule has 0 unspecified atom stereocenters. The van der Waals surface area contributed by atoms with Crippen molar-refractivity contribution in [2.24, 2.45) is 10.4 Å². The molecule has 124 valence electrons. The molecule has 22 heavy (non-hydrogen) atoms. The van der Waals surface area contributed by atoms with Crippen LogP contribution in [0.4, 0.5) is 0 Å². The maximum Gasteiger partial charge on any atom is 0.244 e. The highest BCUT2D eigenvalue weighted by atomic mass is 16.2. The first kappa shape index (κ1) is 15.6. The van der Waals surface area contributed by atoms with E-state index < -0.39 is 0 Å². The Balaban J connectivity index is 1.59. The number of rotatable bonds is 3. The Bertz CT molecular complexity index is 422. The fraction of sp³-hybridized carbons (Fsp3) is 0.882. The van der Waals surface area contributed by atoms with Crippen LogP contribution in [0, 0.1) is 5.41 Å². The van der Waals surface area contributed by atoms with Crippen LogP contribution in [0.1, 0.15) is 51.9 Å². The van der Waals surface area contributed by atoms with E-state index in [9.17, 15) is 4.79 Å². The summed E-state index contributed by atoms with van der Waals surface area (Å²) >= 11 is 0. The number of hydrogen-bond acceptors (Lipinski definition) is 2. The molecule has 3 rings (SSSR count). The molecule has 1 spiro atoms. The zero-order valence-electron chi connectivity index (χ0n) is 13.9. The second-order valence-electron chi connectivity index (χ2n) is 7.14. The van der Waals surface area contributed by atoms with E-state index in [2.05, 4.69) is 22.1 Å². The molecular weight excluding hydrogens is 276 g/mol. The Labute approximate surface area is 134 Å². The fourth-order valence-corrected chi connectivity index (χ4v) is 4.28. The van der Waals surface area contributed by atoms with E-state index in [0.717, 1.165) is 51.5 Å². The third kappa shape index (κ3) is 3.39. The van der Waals surface area contributed by atoms with Crippen LogP contribution in [-0.4, -0.2) is 60.9 Å². The molecule has 1 amide bonds. The predicted octanol–water partition coefficient (Wildman–Crippen LogP) is 1.84. The van der Waals surface area contributed by atoms with Crippen molar-refractivity contribution in [1.29, 1.82) is 0 Å². The number of likely N-dealkylation sites (tertiary alicyclic amines) is 2. The molecule has 0 bridgehead atoms. The van der Waals surface area contributed by atoms with E-state index in [-0.39, 0.29) is 5.91 Å². The minimum absolute atomic E-state index is 0.183. The Morgan fingerprint density at radius 1 is 1.05 bits per heavy atom. The average molecular weight is 306 g/mol. The number of hydrogen-bond donors (Lipinski definition) is 1. The molecule has 2 aliphatic heterocycles. The number of amides is 1. The molecular formula is C17H30N4O. The summed E-state index contributed by atoms with van der Waals surface area (Å²) in [5.74, 6) is 1.13. The summed E-state index contributed by atoms with van der Waals surface area (Å²) in [6.45, 7) is 7.29. The van der Waals surface area contributed by atoms with E-state index in [0.29, 0.717) is 12.0 Å². The lowest BCUT2D eigenvalue weighted by Gasteiger charge is -2.26. The lowest BCUT2D eigenvalue weighted by atomic mass is 9.86. The van der Waals surface area contributed by atoms with Gasteiger partial charge in [0.25, 0.3) is 0 Å². The van der Waals surface area contributed by atoms with Crippen LogP contribution in [-0.2, 0) is 4.79 Å². The Hall–Kier alpha value is -1.26. The van der Waals surface area contributed by atoms with Crippen LogP contribution in [0.3, 0.4) is 0 Å². The lowest BCUT2D eigenvalue weighted by molar-refractivity contribution is -0.128. The van der Waals surface area contributed by atoms with Gasteiger partial charge in [0.15, 0.2) is 5.96 Å². The van der Waals surface area contributed by atoms with Crippen LogP contribution in [0.5, 0.6) is 0 Å². The molecule has 0 aromatic heterocycles. The van der Waals surface area contributed by atoms with Crippen LogP contribution >= 0.6 is 0 Å². The topological polar surface area (TPSA) is 47.9 Å². The van der Waals surface area contributed by atoms with Crippen LogP contribution in [0.15, 0.2) is 4.99 Å². The summed E-state index contributed by atoms with van der Waals surface area (Å²) in [5, 5.41) is 3.38. The average Bonchev–Trinajstić information content (AvgIpc) is 3.27. The van der Waals surface area contributed by atoms with Gasteiger partial charge in [0.2, 0.25) is 5.91 Å². The molecule has 3 fully saturated rings. The van der Waals surface area contributed by atoms with E-state index in [4.69, 9.17) is 0 Å². The molecule has 3 aliphatic rings. The maximum absolute atomic E-state index is 12.2. The van der Waals surface area contributed by atoms with Gasteiger partial charge in [-0.2, -0.15) is 0 Å². The Morgan fingerprint density at radius 2 is 1.77 bits per heavy atom. The van der Waals surface area contributed by atoms with E-state index in [1.165, 1.54) is 32.1 Å². The highest BCUT2D eigenvalue weighted by molar-refractivity contribution is 5.85. The summed E-state index contributed by atoms with van der Waals surface area (Å²) < 4.78 is 0. The molecule has 0 atom stereocenters. The summed E-state index contributed by atoms with van der Waals surface area (Å²) in [6, 6.07) is 0. The zero-order valence-corrected chi connectivity index (χ0v) is 13.9. The van der Waals surface area contributed by atoms with Crippen molar-refractivity contribution in [2.75, 3.05) is 39.3 Å². The normalized spacial score (nSPS) is 24.5. The van der Waals surface area contributed by atoms with E-state index in [1.54, 1.807) is 0 Å². The van der Waals surface area contributed by atoms with Gasteiger partial charge in [0.1, 0.15) is 6.54 Å². The van der Waals surface area contributed by atoms with Crippen molar-refractivity contribution in [3.8, 4) is 0 Å². The van der Waals surface area contributed by atoms with E-state index in [1.807, 2.05) is 4.90 Å². The smallest absolute Gasteiger partial charge is 0.244 e. The first-order valence-corrected chi connectivity index (χ1v) is 9.03. The van der Waals surface area contributed by atoms with Gasteiger partial charge in [0.05, 0.1) is 0 Å². The number of nitrogens with zero attached hydrogens (tertiary/aromatic N) is 3. The summed E-state index contributed by atoms with van der Waals surface area (Å²) in [4.78, 5) is 21.2. The first-order chi connectivity index (χ1) is 10.7. The van der Waals surface area contributed by atoms with Gasteiger partial charge in [-0.3, -0.25) is 4.79 Å². The second-order valence-corrected chi connectivity index (χ2v) is 7.14. The van der Waals surface area contributed by atoms with Gasteiger partial charge in [-0.15, -0.1) is 0 Å². The van der Waals surface area contributed by atoms with Crippen molar-refractivity contribution in [1.82, 2.24) is 15.1 Å². The minimum atomic E-state index is 0.183. The summed E-state index contributed by atoms with van der Waals surface area (Å²) in [7, 11) is 0. The quantitative estimate of drug-likeness (QED) is 0.639.